The predicted molar refractivity (Wildman–Crippen MR) is 66.9 cm³/mol. The fraction of sp³-hybridized carbons (Fsp3) is 0.400. The van der Waals surface area contributed by atoms with Crippen molar-refractivity contribution in [2.24, 2.45) is 0 Å². The Morgan fingerprint density at radius 2 is 2.47 bits per heavy atom. The van der Waals surface area contributed by atoms with Crippen LogP contribution in [0.1, 0.15) is 12.0 Å². The summed E-state index contributed by atoms with van der Waals surface area (Å²) in [7, 11) is 0. The van der Waals surface area contributed by atoms with E-state index in [4.69, 9.17) is 9.26 Å². The van der Waals surface area contributed by atoms with Gasteiger partial charge in [0.15, 0.2) is 0 Å². The maximum atomic E-state index is 5.55. The van der Waals surface area contributed by atoms with E-state index in [1.54, 1.807) is 11.3 Å². The molecule has 0 aromatic carbocycles. The number of aromatic nitrogens is 2. The molecule has 90 valence electrons. The van der Waals surface area contributed by atoms with Crippen LogP contribution in [-0.2, 0) is 4.74 Å². The lowest BCUT2D eigenvalue weighted by molar-refractivity contribution is 0.00755. The van der Waals surface area contributed by atoms with Gasteiger partial charge in [0.1, 0.15) is 6.10 Å². The smallest absolute Gasteiger partial charge is 0.257 e. The fourth-order valence-electron chi connectivity index (χ4n) is 1.62. The van der Waals surface area contributed by atoms with E-state index in [0.717, 1.165) is 22.4 Å². The van der Waals surface area contributed by atoms with Gasteiger partial charge in [-0.05, 0) is 22.0 Å². The Morgan fingerprint density at radius 1 is 1.53 bits per heavy atom. The number of nitrogens with zero attached hydrogens (tertiary/aromatic N) is 2. The SMILES string of the molecule is Brc1csc(-c2noc(C3CNCCO3)n2)c1. The summed E-state index contributed by atoms with van der Waals surface area (Å²) in [6.07, 6.45) is -0.131. The Morgan fingerprint density at radius 3 is 3.18 bits per heavy atom. The molecule has 3 heterocycles. The lowest BCUT2D eigenvalue weighted by Crippen LogP contribution is -2.33. The molecule has 1 saturated heterocycles. The molecule has 0 bridgehead atoms. The topological polar surface area (TPSA) is 60.2 Å². The van der Waals surface area contributed by atoms with Crippen molar-refractivity contribution in [3.63, 3.8) is 0 Å². The van der Waals surface area contributed by atoms with E-state index in [0.29, 0.717) is 18.3 Å². The van der Waals surface area contributed by atoms with Crippen LogP contribution >= 0.6 is 27.3 Å². The van der Waals surface area contributed by atoms with Crippen LogP contribution in [0.25, 0.3) is 10.7 Å². The van der Waals surface area contributed by atoms with Crippen LogP contribution in [-0.4, -0.2) is 29.8 Å². The van der Waals surface area contributed by atoms with Crippen LogP contribution in [0.4, 0.5) is 0 Å². The van der Waals surface area contributed by atoms with Gasteiger partial charge in [-0.3, -0.25) is 0 Å². The van der Waals surface area contributed by atoms with Gasteiger partial charge in [0, 0.05) is 22.9 Å². The van der Waals surface area contributed by atoms with Crippen LogP contribution < -0.4 is 5.32 Å². The van der Waals surface area contributed by atoms with Crippen molar-refractivity contribution in [2.45, 2.75) is 6.10 Å². The molecule has 3 rings (SSSR count). The molecule has 0 aliphatic carbocycles. The number of thiophene rings is 1. The molecule has 1 atom stereocenters. The molecular weight excluding hydrogens is 306 g/mol. The highest BCUT2D eigenvalue weighted by Gasteiger charge is 2.22. The summed E-state index contributed by atoms with van der Waals surface area (Å²) in [6, 6.07) is 1.97. The highest BCUT2D eigenvalue weighted by atomic mass is 79.9. The number of nitrogens with one attached hydrogen (secondary N) is 1. The molecule has 2 aromatic heterocycles. The van der Waals surface area contributed by atoms with Gasteiger partial charge in [-0.25, -0.2) is 0 Å². The number of morpholine rings is 1. The maximum absolute atomic E-state index is 5.55. The van der Waals surface area contributed by atoms with Crippen LogP contribution in [0.3, 0.4) is 0 Å². The molecule has 0 radical (unpaired) electrons. The van der Waals surface area contributed by atoms with Crippen LogP contribution in [0, 0.1) is 0 Å². The number of hydrogen-bond donors (Lipinski definition) is 1. The van der Waals surface area contributed by atoms with Gasteiger partial charge in [0.05, 0.1) is 11.5 Å². The Kier molecular flexibility index (Phi) is 3.24. The Labute approximate surface area is 110 Å². The predicted octanol–water partition coefficient (Wildman–Crippen LogP) is 2.22. The van der Waals surface area contributed by atoms with Crippen molar-refractivity contribution in [3.8, 4) is 10.7 Å². The van der Waals surface area contributed by atoms with E-state index in [1.165, 1.54) is 0 Å². The number of rotatable bonds is 2. The van der Waals surface area contributed by atoms with Crippen molar-refractivity contribution in [1.82, 2.24) is 15.5 Å². The highest BCUT2D eigenvalue weighted by Crippen LogP contribution is 2.29. The number of halogens is 1. The molecule has 1 unspecified atom stereocenters. The van der Waals surface area contributed by atoms with Gasteiger partial charge in [-0.15, -0.1) is 11.3 Å². The lowest BCUT2D eigenvalue weighted by Gasteiger charge is -2.19. The van der Waals surface area contributed by atoms with E-state index in [-0.39, 0.29) is 6.10 Å². The van der Waals surface area contributed by atoms with Crippen molar-refractivity contribution < 1.29 is 9.26 Å². The van der Waals surface area contributed by atoms with Gasteiger partial charge < -0.3 is 14.6 Å². The molecule has 0 spiro atoms. The standard InChI is InChI=1S/C10H10BrN3O2S/c11-6-3-8(17-5-6)9-13-10(16-14-9)7-4-12-1-2-15-7/h3,5,7,12H,1-2,4H2. The molecule has 5 nitrogen and oxygen atoms in total. The number of hydrogen-bond acceptors (Lipinski definition) is 6. The van der Waals surface area contributed by atoms with E-state index in [1.807, 2.05) is 11.4 Å². The fourth-order valence-corrected chi connectivity index (χ4v) is 2.97. The van der Waals surface area contributed by atoms with E-state index >= 15 is 0 Å². The zero-order valence-corrected chi connectivity index (χ0v) is 11.3. The largest absolute Gasteiger partial charge is 0.366 e. The molecule has 1 aliphatic heterocycles. The van der Waals surface area contributed by atoms with Gasteiger partial charge in [0.2, 0.25) is 5.82 Å². The summed E-state index contributed by atoms with van der Waals surface area (Å²) in [5.41, 5.74) is 0. The summed E-state index contributed by atoms with van der Waals surface area (Å²) >= 11 is 4.98. The average molecular weight is 316 g/mol. The molecular formula is C10H10BrN3O2S. The van der Waals surface area contributed by atoms with Crippen molar-refractivity contribution in [3.05, 3.63) is 21.8 Å². The minimum Gasteiger partial charge on any atom is -0.366 e. The second kappa shape index (κ2) is 4.85. The van der Waals surface area contributed by atoms with Crippen molar-refractivity contribution in [2.75, 3.05) is 19.7 Å². The zero-order valence-electron chi connectivity index (χ0n) is 8.85. The molecule has 0 amide bonds. The second-order valence-corrected chi connectivity index (χ2v) is 5.48. The Balaban J connectivity index is 1.82. The summed E-state index contributed by atoms with van der Waals surface area (Å²) in [5.74, 6) is 1.15. The van der Waals surface area contributed by atoms with Gasteiger partial charge in [-0.1, -0.05) is 5.16 Å². The van der Waals surface area contributed by atoms with E-state index in [2.05, 4.69) is 31.4 Å². The first-order valence-corrected chi connectivity index (χ1v) is 6.90. The first kappa shape index (κ1) is 11.3. The first-order chi connectivity index (χ1) is 8.33. The molecule has 1 fully saturated rings. The molecule has 2 aromatic rings. The number of ether oxygens (including phenoxy) is 1. The summed E-state index contributed by atoms with van der Waals surface area (Å²) in [6.45, 7) is 2.26. The second-order valence-electron chi connectivity index (χ2n) is 3.65. The molecule has 7 heteroatoms. The van der Waals surface area contributed by atoms with E-state index in [9.17, 15) is 0 Å². The van der Waals surface area contributed by atoms with Crippen LogP contribution in [0.2, 0.25) is 0 Å². The highest BCUT2D eigenvalue weighted by molar-refractivity contribution is 9.10. The quantitative estimate of drug-likeness (QED) is 0.920. The molecule has 1 aliphatic rings. The third-order valence-corrected chi connectivity index (χ3v) is 4.12. The normalized spacial score (nSPS) is 20.6. The van der Waals surface area contributed by atoms with Crippen LogP contribution in [0.5, 0.6) is 0 Å². The molecule has 1 N–H and O–H groups in total. The third kappa shape index (κ3) is 2.42. The third-order valence-electron chi connectivity index (χ3n) is 2.43. The first-order valence-electron chi connectivity index (χ1n) is 5.23. The van der Waals surface area contributed by atoms with Crippen molar-refractivity contribution in [1.29, 1.82) is 0 Å². The molecule has 17 heavy (non-hydrogen) atoms. The minimum atomic E-state index is -0.131. The summed E-state index contributed by atoms with van der Waals surface area (Å²) in [5, 5.41) is 9.19. The zero-order chi connectivity index (χ0) is 11.7. The Bertz CT molecular complexity index is 507. The van der Waals surface area contributed by atoms with Gasteiger partial charge in [0.25, 0.3) is 5.89 Å². The minimum absolute atomic E-state index is 0.131. The van der Waals surface area contributed by atoms with Gasteiger partial charge >= 0.3 is 0 Å². The Hall–Kier alpha value is -0.760. The van der Waals surface area contributed by atoms with Crippen LogP contribution in [0.15, 0.2) is 20.4 Å². The van der Waals surface area contributed by atoms with Crippen molar-refractivity contribution >= 4 is 27.3 Å². The summed E-state index contributed by atoms with van der Waals surface area (Å²) in [4.78, 5) is 5.35. The monoisotopic (exact) mass is 315 g/mol. The summed E-state index contributed by atoms with van der Waals surface area (Å²) < 4.78 is 11.8. The lowest BCUT2D eigenvalue weighted by atomic mass is 10.3. The van der Waals surface area contributed by atoms with Gasteiger partial charge in [-0.2, -0.15) is 4.98 Å². The molecule has 0 saturated carbocycles. The average Bonchev–Trinajstić information content (AvgIpc) is 2.98. The van der Waals surface area contributed by atoms with E-state index < -0.39 is 0 Å². The maximum Gasteiger partial charge on any atom is 0.257 e.